The summed E-state index contributed by atoms with van der Waals surface area (Å²) in [4.78, 5) is 33.6. The lowest BCUT2D eigenvalue weighted by Gasteiger charge is -2.32. The topological polar surface area (TPSA) is 139 Å². The zero-order valence-corrected chi connectivity index (χ0v) is 27.5. The highest BCUT2D eigenvalue weighted by Gasteiger charge is 2.53. The molecule has 2 aromatic heterocycles. The second kappa shape index (κ2) is 12.9. The molecule has 2 aliphatic rings. The summed E-state index contributed by atoms with van der Waals surface area (Å²) >= 11 is 0. The van der Waals surface area contributed by atoms with Crippen LogP contribution in [0.2, 0.25) is 0 Å². The summed E-state index contributed by atoms with van der Waals surface area (Å²) in [6.07, 6.45) is 0. The second-order valence-electron chi connectivity index (χ2n) is 13.1. The Hall–Kier alpha value is -2.87. The number of pyridine rings is 2. The third-order valence-electron chi connectivity index (χ3n) is 8.73. The first-order valence-electron chi connectivity index (χ1n) is 14.8. The van der Waals surface area contributed by atoms with Crippen LogP contribution in [0.15, 0.2) is 24.3 Å². The molecule has 2 aromatic rings. The number of nitrogens with zero attached hydrogens (tertiary/aromatic N) is 2. The molecule has 14 heteroatoms. The van der Waals surface area contributed by atoms with Gasteiger partial charge in [-0.3, -0.25) is 0 Å². The van der Waals surface area contributed by atoms with Gasteiger partial charge in [0.2, 0.25) is 0 Å². The fraction of sp³-hybridized carbons (Fsp3) is 0.600. The van der Waals surface area contributed by atoms with Gasteiger partial charge in [-0.1, -0.05) is 0 Å². The molecule has 0 amide bonds. The molecular weight excluding hydrogens is 566 g/mol. The van der Waals surface area contributed by atoms with Crippen LogP contribution in [0.3, 0.4) is 0 Å². The molecule has 0 atom stereocenters. The smallest absolute Gasteiger partial charge is 0.464 e. The van der Waals surface area contributed by atoms with Crippen molar-refractivity contribution < 1.29 is 37.7 Å². The number of ether oxygens (including phenoxy) is 2. The van der Waals surface area contributed by atoms with Gasteiger partial charge in [0.1, 0.15) is 11.4 Å². The third-order valence-corrected chi connectivity index (χ3v) is 8.73. The van der Waals surface area contributed by atoms with Crippen molar-refractivity contribution in [2.45, 2.75) is 90.9 Å². The van der Waals surface area contributed by atoms with E-state index in [1.54, 1.807) is 12.1 Å². The number of methoxy groups -OCH3 is 2. The van der Waals surface area contributed by atoms with Crippen LogP contribution in [-0.2, 0) is 41.2 Å². The van der Waals surface area contributed by atoms with Crippen LogP contribution in [0.25, 0.3) is 0 Å². The average Bonchev–Trinajstić information content (AvgIpc) is 3.32. The van der Waals surface area contributed by atoms with E-state index in [0.29, 0.717) is 48.5 Å². The predicted octanol–water partition coefficient (Wildman–Crippen LogP) is 1.53. The lowest BCUT2D eigenvalue weighted by atomic mass is 9.78. The molecule has 2 aliphatic heterocycles. The van der Waals surface area contributed by atoms with E-state index in [1.165, 1.54) is 14.2 Å². The molecule has 238 valence electrons. The summed E-state index contributed by atoms with van der Waals surface area (Å²) in [5.74, 6) is -1.07. The van der Waals surface area contributed by atoms with Crippen molar-refractivity contribution in [3.63, 3.8) is 0 Å². The first-order chi connectivity index (χ1) is 20.5. The molecule has 2 saturated heterocycles. The Kier molecular flexibility index (Phi) is 9.94. The number of hydrogen-bond donors (Lipinski definition) is 2. The highest BCUT2D eigenvalue weighted by molar-refractivity contribution is 6.62. The van der Waals surface area contributed by atoms with E-state index in [0.717, 1.165) is 0 Å². The van der Waals surface area contributed by atoms with Gasteiger partial charge in [0.25, 0.3) is 0 Å². The van der Waals surface area contributed by atoms with Gasteiger partial charge >= 0.3 is 26.2 Å². The van der Waals surface area contributed by atoms with Crippen LogP contribution in [0, 0.1) is 0 Å². The molecule has 44 heavy (non-hydrogen) atoms. The van der Waals surface area contributed by atoms with Crippen molar-refractivity contribution in [1.82, 2.24) is 20.6 Å². The summed E-state index contributed by atoms with van der Waals surface area (Å²) in [6, 6.07) is 7.03. The number of hydrogen-bond acceptors (Lipinski definition) is 12. The highest BCUT2D eigenvalue weighted by Crippen LogP contribution is 2.37. The Morgan fingerprint density at radius 2 is 0.955 bits per heavy atom. The summed E-state index contributed by atoms with van der Waals surface area (Å²) in [6.45, 7) is 17.8. The van der Waals surface area contributed by atoms with Crippen molar-refractivity contribution in [3.05, 3.63) is 47.0 Å². The van der Waals surface area contributed by atoms with Crippen molar-refractivity contribution in [2.75, 3.05) is 27.3 Å². The van der Waals surface area contributed by atoms with E-state index >= 15 is 0 Å². The summed E-state index contributed by atoms with van der Waals surface area (Å²) in [5.41, 5.74) is 0.980. The molecule has 4 heterocycles. The van der Waals surface area contributed by atoms with Gasteiger partial charge in [-0.25, -0.2) is 19.6 Å². The Bertz CT molecular complexity index is 1250. The third kappa shape index (κ3) is 7.32. The van der Waals surface area contributed by atoms with Gasteiger partial charge in [-0.2, -0.15) is 0 Å². The van der Waals surface area contributed by atoms with E-state index in [-0.39, 0.29) is 11.4 Å². The van der Waals surface area contributed by atoms with Gasteiger partial charge in [0, 0.05) is 26.2 Å². The SMILES string of the molecule is COC(=O)c1cc(B2OC(C)(C)C(C)(C)O2)cc(CNCCNCc2cc(B3OC(C)(C)C(C)(C)O3)cc(C(=O)OC)n2)n1. The first-order valence-corrected chi connectivity index (χ1v) is 14.8. The Morgan fingerprint density at radius 1 is 0.636 bits per heavy atom. The van der Waals surface area contributed by atoms with Crippen LogP contribution < -0.4 is 21.6 Å². The summed E-state index contributed by atoms with van der Waals surface area (Å²) in [7, 11) is 1.37. The average molecular weight is 610 g/mol. The summed E-state index contributed by atoms with van der Waals surface area (Å²) < 4.78 is 34.6. The Morgan fingerprint density at radius 3 is 1.25 bits per heavy atom. The minimum Gasteiger partial charge on any atom is -0.464 e. The lowest BCUT2D eigenvalue weighted by Crippen LogP contribution is -2.41. The van der Waals surface area contributed by atoms with Crippen molar-refractivity contribution in [1.29, 1.82) is 0 Å². The normalized spacial score (nSPS) is 19.7. The van der Waals surface area contributed by atoms with Gasteiger partial charge in [0.05, 0.1) is 48.0 Å². The maximum atomic E-state index is 12.3. The van der Waals surface area contributed by atoms with E-state index in [9.17, 15) is 9.59 Å². The number of carbonyl (C=O) groups is 2. The number of esters is 2. The van der Waals surface area contributed by atoms with Crippen LogP contribution >= 0.6 is 0 Å². The quantitative estimate of drug-likeness (QED) is 0.217. The zero-order chi connectivity index (χ0) is 32.5. The fourth-order valence-corrected chi connectivity index (χ4v) is 4.66. The van der Waals surface area contributed by atoms with Gasteiger partial charge < -0.3 is 38.7 Å². The molecular formula is C30H44B2N4O8. The van der Waals surface area contributed by atoms with E-state index in [2.05, 4.69) is 20.6 Å². The van der Waals surface area contributed by atoms with E-state index in [4.69, 9.17) is 28.1 Å². The van der Waals surface area contributed by atoms with Crippen LogP contribution in [0.1, 0.15) is 87.8 Å². The molecule has 0 aromatic carbocycles. The van der Waals surface area contributed by atoms with E-state index < -0.39 is 48.6 Å². The standard InChI is InChI=1S/C30H44B2N4O8/c1-27(2)28(3,4)42-31(41-27)19-13-21(35-23(15-19)25(37)39-9)17-33-11-12-34-18-22-14-20(16-24(36-22)26(38)40-10)32-43-29(5,6)30(7,8)44-32/h13-16,33-34H,11-12,17-18H2,1-10H3. The minimum atomic E-state index is -0.637. The Balaban J connectivity index is 1.37. The largest absolute Gasteiger partial charge is 0.494 e. The fourth-order valence-electron chi connectivity index (χ4n) is 4.66. The molecule has 12 nitrogen and oxygen atoms in total. The molecule has 2 fully saturated rings. The summed E-state index contributed by atoms with van der Waals surface area (Å²) in [5, 5.41) is 6.68. The van der Waals surface area contributed by atoms with Crippen molar-refractivity contribution >= 4 is 37.1 Å². The van der Waals surface area contributed by atoms with Gasteiger partial charge in [0.15, 0.2) is 0 Å². The Labute approximate surface area is 260 Å². The zero-order valence-electron chi connectivity index (χ0n) is 27.5. The highest BCUT2D eigenvalue weighted by atomic mass is 16.7. The first kappa shape index (κ1) is 34.0. The molecule has 0 spiro atoms. The van der Waals surface area contributed by atoms with Crippen LogP contribution in [-0.4, -0.2) is 85.9 Å². The van der Waals surface area contributed by atoms with Gasteiger partial charge in [-0.05, 0) is 90.6 Å². The van der Waals surface area contributed by atoms with Crippen LogP contribution in [0.5, 0.6) is 0 Å². The maximum absolute atomic E-state index is 12.3. The molecule has 0 unspecified atom stereocenters. The molecule has 0 saturated carbocycles. The molecule has 2 N–H and O–H groups in total. The molecule has 0 radical (unpaired) electrons. The molecule has 4 rings (SSSR count). The van der Waals surface area contributed by atoms with Crippen LogP contribution in [0.4, 0.5) is 0 Å². The molecule has 0 bridgehead atoms. The number of carbonyl (C=O) groups excluding carboxylic acids is 2. The van der Waals surface area contributed by atoms with E-state index in [1.807, 2.05) is 67.5 Å². The monoisotopic (exact) mass is 610 g/mol. The predicted molar refractivity (Wildman–Crippen MR) is 166 cm³/mol. The minimum absolute atomic E-state index is 0.184. The number of rotatable bonds is 11. The number of nitrogens with one attached hydrogen (secondary N) is 2. The second-order valence-corrected chi connectivity index (χ2v) is 13.1. The van der Waals surface area contributed by atoms with Crippen molar-refractivity contribution in [3.8, 4) is 0 Å². The maximum Gasteiger partial charge on any atom is 0.494 e. The lowest BCUT2D eigenvalue weighted by molar-refractivity contribution is 0.00578. The van der Waals surface area contributed by atoms with Crippen molar-refractivity contribution in [2.24, 2.45) is 0 Å². The molecule has 0 aliphatic carbocycles. The van der Waals surface area contributed by atoms with Gasteiger partial charge in [-0.15, -0.1) is 0 Å². The number of aromatic nitrogens is 2.